The molecule has 1 aromatic carbocycles. The molecule has 2 unspecified atom stereocenters. The average Bonchev–Trinajstić information content (AvgIpc) is 3.55. The van der Waals surface area contributed by atoms with Crippen molar-refractivity contribution in [1.82, 2.24) is 19.5 Å². The third-order valence-corrected chi connectivity index (χ3v) is 5.51. The average molecular weight is 560 g/mol. The molecule has 1 aliphatic heterocycles. The Morgan fingerprint density at radius 3 is 2.35 bits per heavy atom. The Hall–Kier alpha value is -3.65. The SMILES string of the molecule is CC(C)(O)O.CCOC(=O)C(OCC1CCC(n2cnc3c(NCc4ccccc4)ncnc32)O1)C(=O)OCC. The predicted octanol–water partition coefficient (Wildman–Crippen LogP) is 2.33. The second kappa shape index (κ2) is 14.7. The fourth-order valence-corrected chi connectivity index (χ4v) is 3.86. The minimum absolute atomic E-state index is 0.0459. The van der Waals surface area contributed by atoms with E-state index in [-0.39, 0.29) is 32.2 Å². The first kappa shape index (κ1) is 30.9. The highest BCUT2D eigenvalue weighted by atomic mass is 16.6. The molecule has 13 heteroatoms. The van der Waals surface area contributed by atoms with Gasteiger partial charge in [-0.1, -0.05) is 30.3 Å². The Kier molecular flexibility index (Phi) is 11.3. The summed E-state index contributed by atoms with van der Waals surface area (Å²) < 4.78 is 23.4. The standard InChI is InChI=1S/C24H29N5O6.C3H8O2/c1-3-32-23(30)20(24(31)33-4-2)34-13-17-10-11-18(35-17)29-15-28-19-21(26-14-27-22(19)29)25-12-16-8-6-5-7-9-16;1-3(2,4)5/h5-9,14-15,17-18,20H,3-4,10-13H2,1-2H3,(H,25,26,27);4-5H,1-2H3. The molecule has 2 atom stereocenters. The van der Waals surface area contributed by atoms with Crippen LogP contribution in [0.15, 0.2) is 43.0 Å². The van der Waals surface area contributed by atoms with Gasteiger partial charge in [0.05, 0.1) is 32.3 Å². The number of fused-ring (bicyclic) bond motifs is 1. The van der Waals surface area contributed by atoms with E-state index >= 15 is 0 Å². The van der Waals surface area contributed by atoms with Crippen LogP contribution >= 0.6 is 0 Å². The van der Waals surface area contributed by atoms with Crippen molar-refractivity contribution in [1.29, 1.82) is 0 Å². The quantitative estimate of drug-likeness (QED) is 0.178. The maximum absolute atomic E-state index is 12.1. The summed E-state index contributed by atoms with van der Waals surface area (Å²) in [5.41, 5.74) is 2.43. The summed E-state index contributed by atoms with van der Waals surface area (Å²) in [5.74, 6) is -2.40. The van der Waals surface area contributed by atoms with Gasteiger partial charge >= 0.3 is 11.9 Å². The molecule has 0 aliphatic carbocycles. The van der Waals surface area contributed by atoms with Crippen LogP contribution in [0.3, 0.4) is 0 Å². The fraction of sp³-hybridized carbons (Fsp3) is 0.519. The van der Waals surface area contributed by atoms with Gasteiger partial charge in [0.1, 0.15) is 12.6 Å². The van der Waals surface area contributed by atoms with Crippen LogP contribution < -0.4 is 5.32 Å². The van der Waals surface area contributed by atoms with Gasteiger partial charge in [-0.25, -0.2) is 24.5 Å². The van der Waals surface area contributed by atoms with Crippen LogP contribution in [0.4, 0.5) is 5.82 Å². The molecule has 1 aliphatic rings. The number of aromatic nitrogens is 4. The zero-order valence-electron chi connectivity index (χ0n) is 23.1. The Balaban J connectivity index is 0.000000810. The maximum atomic E-state index is 12.1. The summed E-state index contributed by atoms with van der Waals surface area (Å²) in [6.07, 6.45) is 2.48. The molecule has 0 saturated carbocycles. The van der Waals surface area contributed by atoms with Crippen LogP contribution in [-0.4, -0.2) is 79.5 Å². The number of aliphatic hydroxyl groups is 2. The van der Waals surface area contributed by atoms with E-state index in [4.69, 9.17) is 29.2 Å². The first-order chi connectivity index (χ1) is 19.1. The second-order valence-corrected chi connectivity index (χ2v) is 9.39. The second-order valence-electron chi connectivity index (χ2n) is 9.39. The monoisotopic (exact) mass is 559 g/mol. The number of carbonyl (C=O) groups excluding carboxylic acids is 2. The third kappa shape index (κ3) is 9.23. The number of esters is 2. The Morgan fingerprint density at radius 2 is 1.73 bits per heavy atom. The van der Waals surface area contributed by atoms with Gasteiger partial charge in [-0.2, -0.15) is 0 Å². The van der Waals surface area contributed by atoms with Crippen molar-refractivity contribution in [2.75, 3.05) is 25.1 Å². The first-order valence-corrected chi connectivity index (χ1v) is 13.1. The number of benzene rings is 1. The first-order valence-electron chi connectivity index (χ1n) is 13.1. The zero-order valence-corrected chi connectivity index (χ0v) is 23.1. The number of imidazole rings is 1. The van der Waals surface area contributed by atoms with E-state index in [1.54, 1.807) is 20.2 Å². The maximum Gasteiger partial charge on any atom is 0.347 e. The fourth-order valence-electron chi connectivity index (χ4n) is 3.86. The van der Waals surface area contributed by atoms with Crippen LogP contribution in [0.1, 0.15) is 52.3 Å². The Labute approximate surface area is 232 Å². The lowest BCUT2D eigenvalue weighted by molar-refractivity contribution is -0.175. The molecule has 3 aromatic rings. The molecule has 3 N–H and O–H groups in total. The smallest absolute Gasteiger partial charge is 0.347 e. The number of nitrogens with zero attached hydrogens (tertiary/aromatic N) is 4. The molecular weight excluding hydrogens is 522 g/mol. The van der Waals surface area contributed by atoms with Crippen LogP contribution in [0.5, 0.6) is 0 Å². The highest BCUT2D eigenvalue weighted by Crippen LogP contribution is 2.31. The molecule has 40 heavy (non-hydrogen) atoms. The Morgan fingerprint density at radius 1 is 1.07 bits per heavy atom. The van der Waals surface area contributed by atoms with E-state index < -0.39 is 23.8 Å². The van der Waals surface area contributed by atoms with Crippen molar-refractivity contribution in [3.05, 3.63) is 48.5 Å². The molecule has 3 heterocycles. The van der Waals surface area contributed by atoms with Gasteiger partial charge in [0.15, 0.2) is 22.8 Å². The van der Waals surface area contributed by atoms with Gasteiger partial charge in [0.2, 0.25) is 0 Å². The molecule has 1 fully saturated rings. The van der Waals surface area contributed by atoms with Gasteiger partial charge < -0.3 is 34.5 Å². The number of hydrogen-bond acceptors (Lipinski definition) is 12. The van der Waals surface area contributed by atoms with Crippen LogP contribution in [0, 0.1) is 0 Å². The lowest BCUT2D eigenvalue weighted by Crippen LogP contribution is -2.38. The topological polar surface area (TPSA) is 167 Å². The molecule has 0 radical (unpaired) electrons. The number of carbonyl (C=O) groups is 2. The number of ether oxygens (including phenoxy) is 4. The van der Waals surface area contributed by atoms with E-state index in [0.717, 1.165) is 5.56 Å². The van der Waals surface area contributed by atoms with Gasteiger partial charge in [-0.3, -0.25) is 4.57 Å². The van der Waals surface area contributed by atoms with Crippen molar-refractivity contribution < 1.29 is 38.7 Å². The van der Waals surface area contributed by atoms with Gasteiger partial charge in [0, 0.05) is 6.54 Å². The molecule has 13 nitrogen and oxygen atoms in total. The third-order valence-electron chi connectivity index (χ3n) is 5.51. The molecule has 0 amide bonds. The minimum atomic E-state index is -1.50. The molecule has 2 aromatic heterocycles. The summed E-state index contributed by atoms with van der Waals surface area (Å²) >= 11 is 0. The van der Waals surface area contributed by atoms with Gasteiger partial charge in [-0.05, 0) is 46.1 Å². The van der Waals surface area contributed by atoms with E-state index in [1.807, 2.05) is 34.9 Å². The van der Waals surface area contributed by atoms with Crippen LogP contribution in [0.25, 0.3) is 11.2 Å². The van der Waals surface area contributed by atoms with E-state index in [0.29, 0.717) is 36.4 Å². The summed E-state index contributed by atoms with van der Waals surface area (Å²) in [6, 6.07) is 10.0. The zero-order chi connectivity index (χ0) is 29.1. The normalized spacial score (nSPS) is 16.9. The van der Waals surface area contributed by atoms with E-state index in [1.165, 1.54) is 20.2 Å². The lowest BCUT2D eigenvalue weighted by Gasteiger charge is -2.18. The van der Waals surface area contributed by atoms with Crippen molar-refractivity contribution >= 4 is 28.9 Å². The highest BCUT2D eigenvalue weighted by molar-refractivity contribution is 5.98. The largest absolute Gasteiger partial charge is 0.464 e. The number of hydrogen-bond donors (Lipinski definition) is 3. The van der Waals surface area contributed by atoms with Crippen molar-refractivity contribution in [2.24, 2.45) is 0 Å². The van der Waals surface area contributed by atoms with Crippen molar-refractivity contribution in [3.63, 3.8) is 0 Å². The van der Waals surface area contributed by atoms with E-state index in [2.05, 4.69) is 20.3 Å². The molecule has 0 bridgehead atoms. The number of rotatable bonds is 11. The van der Waals surface area contributed by atoms with Crippen molar-refractivity contribution in [3.8, 4) is 0 Å². The Bertz CT molecular complexity index is 1210. The molecular formula is C27H37N5O8. The highest BCUT2D eigenvalue weighted by Gasteiger charge is 2.34. The van der Waals surface area contributed by atoms with Gasteiger partial charge in [0.25, 0.3) is 6.10 Å². The summed E-state index contributed by atoms with van der Waals surface area (Å²) in [7, 11) is 0. The number of nitrogens with one attached hydrogen (secondary N) is 1. The summed E-state index contributed by atoms with van der Waals surface area (Å²) in [5, 5.41) is 19.5. The van der Waals surface area contributed by atoms with E-state index in [9.17, 15) is 9.59 Å². The van der Waals surface area contributed by atoms with Crippen LogP contribution in [0.2, 0.25) is 0 Å². The van der Waals surface area contributed by atoms with Gasteiger partial charge in [-0.15, -0.1) is 0 Å². The summed E-state index contributed by atoms with van der Waals surface area (Å²) in [4.78, 5) is 37.5. The summed E-state index contributed by atoms with van der Waals surface area (Å²) in [6.45, 7) is 6.85. The molecule has 218 valence electrons. The number of anilines is 1. The van der Waals surface area contributed by atoms with Crippen LogP contribution in [-0.2, 0) is 35.1 Å². The predicted molar refractivity (Wildman–Crippen MR) is 144 cm³/mol. The lowest BCUT2D eigenvalue weighted by atomic mass is 10.2. The molecule has 4 rings (SSSR count). The molecule has 0 spiro atoms. The molecule has 1 saturated heterocycles. The van der Waals surface area contributed by atoms with Crippen molar-refractivity contribution in [2.45, 2.75) is 71.3 Å². The minimum Gasteiger partial charge on any atom is -0.464 e.